The number of halogens is 2. The zero-order valence-electron chi connectivity index (χ0n) is 12.2. The van der Waals surface area contributed by atoms with E-state index in [2.05, 4.69) is 0 Å². The molecule has 0 aliphatic rings. The Balaban J connectivity index is 2.50. The van der Waals surface area contributed by atoms with Gasteiger partial charge in [0.25, 0.3) is 0 Å². The van der Waals surface area contributed by atoms with E-state index in [0.717, 1.165) is 10.4 Å². The molecule has 0 radical (unpaired) electrons. The van der Waals surface area contributed by atoms with Crippen LogP contribution in [0.1, 0.15) is 20.7 Å². The summed E-state index contributed by atoms with van der Waals surface area (Å²) in [6, 6.07) is 13.0. The van der Waals surface area contributed by atoms with Gasteiger partial charge < -0.3 is 10.2 Å². The highest BCUT2D eigenvalue weighted by atomic mass is 35.5. The van der Waals surface area contributed by atoms with Crippen LogP contribution in [0.3, 0.4) is 0 Å². The average molecular weight is 369 g/mol. The molecule has 0 spiro atoms. The first-order chi connectivity index (χ1) is 10.8. The molecule has 0 heterocycles. The maximum absolute atomic E-state index is 11.0. The molecule has 0 saturated heterocycles. The van der Waals surface area contributed by atoms with Crippen molar-refractivity contribution >= 4 is 53.6 Å². The molecule has 2 aromatic rings. The second-order valence-corrected chi connectivity index (χ2v) is 11.2. The Kier molecular flexibility index (Phi) is 5.14. The Labute approximate surface area is 144 Å². The van der Waals surface area contributed by atoms with Gasteiger partial charge in [-0.25, -0.2) is 9.59 Å². The number of benzene rings is 2. The first kappa shape index (κ1) is 17.5. The molecule has 0 aliphatic carbocycles. The van der Waals surface area contributed by atoms with Crippen molar-refractivity contribution < 1.29 is 19.8 Å². The fourth-order valence-electron chi connectivity index (χ4n) is 2.34. The van der Waals surface area contributed by atoms with Crippen LogP contribution in [-0.4, -0.2) is 34.7 Å². The minimum Gasteiger partial charge on any atom is -0.478 e. The van der Waals surface area contributed by atoms with E-state index in [9.17, 15) is 9.59 Å². The summed E-state index contributed by atoms with van der Waals surface area (Å²) < 4.78 is -0.672. The van der Waals surface area contributed by atoms with E-state index in [0.29, 0.717) is 0 Å². The number of carboxylic acids is 2. The van der Waals surface area contributed by atoms with Gasteiger partial charge in [-0.2, -0.15) is 0 Å². The number of carbonyl (C=O) groups is 2. The largest absolute Gasteiger partial charge is 0.478 e. The lowest BCUT2D eigenvalue weighted by atomic mass is 10.2. The van der Waals surface area contributed by atoms with Crippen LogP contribution in [0, 0.1) is 0 Å². The number of hydrogen-bond acceptors (Lipinski definition) is 2. The first-order valence-electron chi connectivity index (χ1n) is 6.72. The first-order valence-corrected chi connectivity index (χ1v) is 10.2. The minimum atomic E-state index is -2.55. The Morgan fingerprint density at radius 3 is 1.35 bits per heavy atom. The summed E-state index contributed by atoms with van der Waals surface area (Å²) in [5.74, 6) is -2.00. The van der Waals surface area contributed by atoms with Crippen LogP contribution in [0.15, 0.2) is 48.5 Å². The normalized spacial score (nSPS) is 11.5. The second-order valence-electron chi connectivity index (χ2n) is 5.27. The van der Waals surface area contributed by atoms with Gasteiger partial charge in [-0.1, -0.05) is 41.2 Å². The van der Waals surface area contributed by atoms with E-state index in [1.807, 2.05) is 6.55 Å². The molecule has 2 N–H and O–H groups in total. The molecular weight excluding hydrogens is 355 g/mol. The predicted octanol–water partition coefficient (Wildman–Crippen LogP) is 2.62. The van der Waals surface area contributed by atoms with Crippen molar-refractivity contribution in [2.75, 3.05) is 0 Å². The maximum atomic E-state index is 11.0. The van der Waals surface area contributed by atoms with Crippen LogP contribution < -0.4 is 10.4 Å². The molecule has 120 valence electrons. The SMILES string of the molecule is C[Si](c1ccc(C(=O)O)cc1)(c1ccc(C(=O)O)cc1)C(Cl)Cl. The summed E-state index contributed by atoms with van der Waals surface area (Å²) in [5.41, 5.74) is 0.374. The van der Waals surface area contributed by atoms with Crippen molar-refractivity contribution in [1.82, 2.24) is 0 Å². The molecule has 0 atom stereocenters. The van der Waals surface area contributed by atoms with Crippen LogP contribution in [0.2, 0.25) is 6.55 Å². The Hall–Kier alpha value is -1.82. The molecule has 0 bridgehead atoms. The van der Waals surface area contributed by atoms with Gasteiger partial charge >= 0.3 is 11.9 Å². The third kappa shape index (κ3) is 3.42. The fraction of sp³-hybridized carbons (Fsp3) is 0.125. The van der Waals surface area contributed by atoms with Crippen LogP contribution in [0.4, 0.5) is 0 Å². The van der Waals surface area contributed by atoms with Gasteiger partial charge in [0.2, 0.25) is 0 Å². The highest BCUT2D eigenvalue weighted by molar-refractivity contribution is 7.10. The molecule has 0 fully saturated rings. The van der Waals surface area contributed by atoms with Crippen LogP contribution in [-0.2, 0) is 0 Å². The van der Waals surface area contributed by atoms with Crippen LogP contribution in [0.5, 0.6) is 0 Å². The number of aromatic carboxylic acids is 2. The third-order valence-corrected chi connectivity index (χ3v) is 10.5. The Bertz CT molecular complexity index is 669. The molecule has 0 unspecified atom stereocenters. The van der Waals surface area contributed by atoms with E-state index >= 15 is 0 Å². The summed E-state index contributed by atoms with van der Waals surface area (Å²) in [5, 5.41) is 19.7. The van der Waals surface area contributed by atoms with Crippen LogP contribution >= 0.6 is 23.2 Å². The van der Waals surface area contributed by atoms with Gasteiger partial charge in [0, 0.05) is 0 Å². The quantitative estimate of drug-likeness (QED) is 0.628. The fourth-order valence-corrected chi connectivity index (χ4v) is 6.40. The maximum Gasteiger partial charge on any atom is 0.335 e. The van der Waals surface area contributed by atoms with E-state index in [1.165, 1.54) is 24.3 Å². The van der Waals surface area contributed by atoms with Crippen LogP contribution in [0.25, 0.3) is 0 Å². The second kappa shape index (κ2) is 6.74. The van der Waals surface area contributed by atoms with Gasteiger partial charge in [-0.3, -0.25) is 0 Å². The molecule has 7 heteroatoms. The molecule has 0 saturated carbocycles. The smallest absolute Gasteiger partial charge is 0.335 e. The van der Waals surface area contributed by atoms with Crippen molar-refractivity contribution in [2.24, 2.45) is 0 Å². The van der Waals surface area contributed by atoms with E-state index < -0.39 is 24.5 Å². The van der Waals surface area contributed by atoms with Gasteiger partial charge in [-0.05, 0) is 24.3 Å². The topological polar surface area (TPSA) is 74.6 Å². The third-order valence-electron chi connectivity index (χ3n) is 3.90. The molecule has 0 amide bonds. The van der Waals surface area contributed by atoms with Gasteiger partial charge in [-0.15, -0.1) is 23.2 Å². The molecule has 2 rings (SSSR count). The van der Waals surface area contributed by atoms with Gasteiger partial charge in [0.1, 0.15) is 4.46 Å². The molecule has 0 aliphatic heterocycles. The summed E-state index contributed by atoms with van der Waals surface area (Å²) in [4.78, 5) is 21.9. The monoisotopic (exact) mass is 368 g/mol. The minimum absolute atomic E-state index is 0.187. The number of alkyl halides is 2. The standard InChI is InChI=1S/C16H14Cl2O4Si/c1-23(16(17)18,12-6-2-10(3-7-12)14(19)20)13-8-4-11(5-9-13)15(21)22/h2-9,16H,1H3,(H,19,20)(H,21,22). The zero-order valence-corrected chi connectivity index (χ0v) is 14.7. The van der Waals surface area contributed by atoms with Crippen molar-refractivity contribution in [3.05, 3.63) is 59.7 Å². The van der Waals surface area contributed by atoms with Crippen molar-refractivity contribution in [3.8, 4) is 0 Å². The molecular formula is C16H14Cl2O4Si. The van der Waals surface area contributed by atoms with Crippen molar-refractivity contribution in [3.63, 3.8) is 0 Å². The number of rotatable bonds is 5. The summed E-state index contributed by atoms with van der Waals surface area (Å²) in [6.45, 7) is 1.96. The zero-order chi connectivity index (χ0) is 17.2. The van der Waals surface area contributed by atoms with E-state index in [-0.39, 0.29) is 11.1 Å². The molecule has 2 aromatic carbocycles. The lowest BCUT2D eigenvalue weighted by molar-refractivity contribution is 0.0686. The van der Waals surface area contributed by atoms with Gasteiger partial charge in [0.05, 0.1) is 11.1 Å². The van der Waals surface area contributed by atoms with E-state index in [4.69, 9.17) is 33.4 Å². The molecule has 23 heavy (non-hydrogen) atoms. The van der Waals surface area contributed by atoms with Gasteiger partial charge in [0.15, 0.2) is 8.07 Å². The van der Waals surface area contributed by atoms with Crippen molar-refractivity contribution in [1.29, 1.82) is 0 Å². The molecule has 4 nitrogen and oxygen atoms in total. The number of hydrogen-bond donors (Lipinski definition) is 2. The lowest BCUT2D eigenvalue weighted by Gasteiger charge is -2.30. The van der Waals surface area contributed by atoms with Crippen molar-refractivity contribution in [2.45, 2.75) is 11.0 Å². The number of carboxylic acid groups (broad SMARTS) is 2. The molecule has 0 aromatic heterocycles. The Morgan fingerprint density at radius 1 is 0.826 bits per heavy atom. The van der Waals surface area contributed by atoms with E-state index in [1.54, 1.807) is 24.3 Å². The predicted molar refractivity (Wildman–Crippen MR) is 93.2 cm³/mol. The lowest BCUT2D eigenvalue weighted by Crippen LogP contribution is -2.61. The highest BCUT2D eigenvalue weighted by Crippen LogP contribution is 2.20. The Morgan fingerprint density at radius 2 is 1.13 bits per heavy atom. The summed E-state index contributed by atoms with van der Waals surface area (Å²) >= 11 is 12.5. The summed E-state index contributed by atoms with van der Waals surface area (Å²) in [7, 11) is -2.55. The summed E-state index contributed by atoms with van der Waals surface area (Å²) in [6.07, 6.45) is 0. The highest BCUT2D eigenvalue weighted by Gasteiger charge is 2.38. The average Bonchev–Trinajstić information content (AvgIpc) is 2.54.